The molecule has 0 aromatic carbocycles. The van der Waals surface area contributed by atoms with Gasteiger partial charge in [-0.25, -0.2) is 0 Å². The van der Waals surface area contributed by atoms with E-state index in [-0.39, 0.29) is 10.9 Å². The Morgan fingerprint density at radius 2 is 2.38 bits per heavy atom. The molecule has 2 rings (SSSR count). The lowest BCUT2D eigenvalue weighted by molar-refractivity contribution is 0.575. The summed E-state index contributed by atoms with van der Waals surface area (Å²) in [5, 5.41) is 7.28. The van der Waals surface area contributed by atoms with Crippen LogP contribution in [0.2, 0.25) is 0 Å². The minimum atomic E-state index is 0.00163. The van der Waals surface area contributed by atoms with Crippen molar-refractivity contribution in [2.45, 2.75) is 19.5 Å². The topological polar surface area (TPSA) is 44.9 Å². The van der Waals surface area contributed by atoms with Gasteiger partial charge in [0.2, 0.25) is 0 Å². The highest BCUT2D eigenvalue weighted by atomic mass is 79.9. The van der Waals surface area contributed by atoms with Gasteiger partial charge in [-0.1, -0.05) is 11.3 Å². The van der Waals surface area contributed by atoms with Gasteiger partial charge in [0.25, 0.3) is 0 Å². The van der Waals surface area contributed by atoms with Crippen LogP contribution in [0.4, 0.5) is 0 Å². The summed E-state index contributed by atoms with van der Waals surface area (Å²) in [6.45, 7) is 2.80. The summed E-state index contributed by atoms with van der Waals surface area (Å²) in [7, 11) is 0. The van der Waals surface area contributed by atoms with Crippen LogP contribution in [0, 0.1) is 0 Å². The van der Waals surface area contributed by atoms with Crippen molar-refractivity contribution in [2.75, 3.05) is 0 Å². The Bertz CT molecular complexity index is 517. The van der Waals surface area contributed by atoms with E-state index < -0.39 is 0 Å². The molecule has 1 unspecified atom stereocenters. The Kier molecular flexibility index (Phi) is 3.96. The molecule has 0 amide bonds. The van der Waals surface area contributed by atoms with Gasteiger partial charge in [0.05, 0.1) is 0 Å². The molecular weight excluding hydrogens is 308 g/mol. The lowest BCUT2D eigenvalue weighted by Crippen LogP contribution is -2.18. The first kappa shape index (κ1) is 12.0. The molecule has 2 heterocycles. The summed E-state index contributed by atoms with van der Waals surface area (Å²) in [6, 6.07) is 2.32. The van der Waals surface area contributed by atoms with Gasteiger partial charge in [0.15, 0.2) is 0 Å². The second-order valence-corrected chi connectivity index (χ2v) is 6.05. The van der Waals surface area contributed by atoms with Crippen LogP contribution in [0.5, 0.6) is 0 Å². The van der Waals surface area contributed by atoms with Crippen LogP contribution in [-0.4, -0.2) is 4.98 Å². The Morgan fingerprint density at radius 3 is 2.94 bits per heavy atom. The third-order valence-electron chi connectivity index (χ3n) is 2.21. The van der Waals surface area contributed by atoms with Gasteiger partial charge in [-0.05, 0) is 34.3 Å². The molecule has 3 nitrogen and oxygen atoms in total. The number of halogens is 1. The summed E-state index contributed by atoms with van der Waals surface area (Å²) >= 11 is 6.43. The van der Waals surface area contributed by atoms with Crippen molar-refractivity contribution in [3.63, 3.8) is 0 Å². The number of aromatic amines is 1. The molecule has 6 heteroatoms. The largest absolute Gasteiger partial charge is 0.315 e. The molecule has 0 bridgehead atoms. The summed E-state index contributed by atoms with van der Waals surface area (Å²) in [4.78, 5) is 15.0. The number of nitrogens with one attached hydrogen (secondary N) is 2. The maximum absolute atomic E-state index is 10.9. The SMILES string of the molecule is CC(NCc1csc(=O)[nH]1)c1sccc1Br. The lowest BCUT2D eigenvalue weighted by atomic mass is 10.2. The predicted octanol–water partition coefficient (Wildman–Crippen LogP) is 3.11. The van der Waals surface area contributed by atoms with Crippen LogP contribution >= 0.6 is 38.6 Å². The van der Waals surface area contributed by atoms with E-state index in [0.717, 1.165) is 10.2 Å². The minimum Gasteiger partial charge on any atom is -0.315 e. The van der Waals surface area contributed by atoms with Crippen molar-refractivity contribution in [1.29, 1.82) is 0 Å². The molecule has 0 saturated carbocycles. The van der Waals surface area contributed by atoms with Crippen LogP contribution in [0.1, 0.15) is 23.5 Å². The van der Waals surface area contributed by atoms with Crippen LogP contribution in [0.25, 0.3) is 0 Å². The molecule has 2 aromatic heterocycles. The standard InChI is InChI=1S/C10H11BrN2OS2/c1-6(9-8(11)2-3-15-9)12-4-7-5-16-10(14)13-7/h2-3,5-6,12H,4H2,1H3,(H,13,14). The van der Waals surface area contributed by atoms with Gasteiger partial charge < -0.3 is 10.3 Å². The number of hydrogen-bond acceptors (Lipinski definition) is 4. The van der Waals surface area contributed by atoms with Crippen molar-refractivity contribution in [3.05, 3.63) is 41.5 Å². The second kappa shape index (κ2) is 5.27. The monoisotopic (exact) mass is 318 g/mol. The Hall–Kier alpha value is -0.430. The zero-order chi connectivity index (χ0) is 11.5. The predicted molar refractivity (Wildman–Crippen MR) is 72.2 cm³/mol. The number of thiazole rings is 1. The lowest BCUT2D eigenvalue weighted by Gasteiger charge is -2.11. The molecule has 1 atom stereocenters. The van der Waals surface area contributed by atoms with Crippen LogP contribution in [0.15, 0.2) is 26.1 Å². The smallest absolute Gasteiger partial charge is 0.304 e. The minimum absolute atomic E-state index is 0.00163. The fraction of sp³-hybridized carbons (Fsp3) is 0.300. The second-order valence-electron chi connectivity index (χ2n) is 3.41. The average Bonchev–Trinajstić information content (AvgIpc) is 2.84. The number of thiophene rings is 1. The van der Waals surface area contributed by atoms with E-state index >= 15 is 0 Å². The van der Waals surface area contributed by atoms with E-state index in [1.54, 1.807) is 11.3 Å². The van der Waals surface area contributed by atoms with Crippen molar-refractivity contribution in [1.82, 2.24) is 10.3 Å². The Labute approximate surface area is 110 Å². The molecular formula is C10H11BrN2OS2. The molecule has 86 valence electrons. The van der Waals surface area contributed by atoms with E-state index in [9.17, 15) is 4.79 Å². The van der Waals surface area contributed by atoms with E-state index in [4.69, 9.17) is 0 Å². The average molecular weight is 319 g/mol. The third-order valence-corrected chi connectivity index (χ3v) is 4.98. The highest BCUT2D eigenvalue weighted by Gasteiger charge is 2.10. The first-order valence-corrected chi connectivity index (χ1v) is 7.35. The first-order valence-electron chi connectivity index (χ1n) is 4.80. The quantitative estimate of drug-likeness (QED) is 0.909. The molecule has 0 radical (unpaired) electrons. The first-order chi connectivity index (χ1) is 7.66. The third kappa shape index (κ3) is 2.82. The number of aromatic nitrogens is 1. The van der Waals surface area contributed by atoms with E-state index in [1.807, 2.05) is 11.4 Å². The molecule has 2 N–H and O–H groups in total. The van der Waals surface area contributed by atoms with Crippen LogP contribution < -0.4 is 10.2 Å². The van der Waals surface area contributed by atoms with Crippen molar-refractivity contribution in [3.8, 4) is 0 Å². The normalized spacial score (nSPS) is 12.9. The molecule has 16 heavy (non-hydrogen) atoms. The summed E-state index contributed by atoms with van der Waals surface area (Å²) in [5.74, 6) is 0. The van der Waals surface area contributed by atoms with Gasteiger partial charge in [-0.15, -0.1) is 11.3 Å². The maximum atomic E-state index is 10.9. The van der Waals surface area contributed by atoms with Crippen molar-refractivity contribution < 1.29 is 0 Å². The van der Waals surface area contributed by atoms with E-state index in [0.29, 0.717) is 6.54 Å². The zero-order valence-corrected chi connectivity index (χ0v) is 11.8. The molecule has 0 saturated heterocycles. The van der Waals surface area contributed by atoms with Crippen LogP contribution in [0.3, 0.4) is 0 Å². The molecule has 0 aliphatic carbocycles. The van der Waals surface area contributed by atoms with Gasteiger partial charge in [0.1, 0.15) is 0 Å². The Balaban J connectivity index is 1.96. The molecule has 0 aliphatic heterocycles. The fourth-order valence-corrected chi connectivity index (χ4v) is 3.70. The number of rotatable bonds is 4. The summed E-state index contributed by atoms with van der Waals surface area (Å²) in [6.07, 6.45) is 0. The number of H-pyrrole nitrogens is 1. The van der Waals surface area contributed by atoms with Crippen molar-refractivity contribution in [2.24, 2.45) is 0 Å². The van der Waals surface area contributed by atoms with E-state index in [1.165, 1.54) is 16.2 Å². The zero-order valence-electron chi connectivity index (χ0n) is 8.62. The fourth-order valence-electron chi connectivity index (χ4n) is 1.37. The van der Waals surface area contributed by atoms with Crippen molar-refractivity contribution >= 4 is 38.6 Å². The molecule has 0 fully saturated rings. The van der Waals surface area contributed by atoms with Gasteiger partial charge in [0, 0.05) is 33.0 Å². The summed E-state index contributed by atoms with van der Waals surface area (Å²) in [5.41, 5.74) is 0.939. The molecule has 2 aromatic rings. The van der Waals surface area contributed by atoms with E-state index in [2.05, 4.69) is 38.5 Å². The van der Waals surface area contributed by atoms with Gasteiger partial charge in [-0.2, -0.15) is 0 Å². The van der Waals surface area contributed by atoms with Gasteiger partial charge in [-0.3, -0.25) is 4.79 Å². The maximum Gasteiger partial charge on any atom is 0.304 e. The Morgan fingerprint density at radius 1 is 1.56 bits per heavy atom. The highest BCUT2D eigenvalue weighted by Crippen LogP contribution is 2.28. The molecule has 0 aliphatic rings. The van der Waals surface area contributed by atoms with Crippen LogP contribution in [-0.2, 0) is 6.54 Å². The molecule has 0 spiro atoms. The number of hydrogen-bond donors (Lipinski definition) is 2. The van der Waals surface area contributed by atoms with Gasteiger partial charge >= 0.3 is 4.87 Å². The highest BCUT2D eigenvalue weighted by molar-refractivity contribution is 9.10. The summed E-state index contributed by atoms with van der Waals surface area (Å²) < 4.78 is 1.14.